The van der Waals surface area contributed by atoms with Crippen LogP contribution in [-0.2, 0) is 0 Å². The highest BCUT2D eigenvalue weighted by atomic mass is 16.3. The highest BCUT2D eigenvalue weighted by Gasteiger charge is 1.88. The fourth-order valence-corrected chi connectivity index (χ4v) is 0.808. The molecule has 0 amide bonds. The van der Waals surface area contributed by atoms with Gasteiger partial charge in [0.2, 0.25) is 0 Å². The van der Waals surface area contributed by atoms with Gasteiger partial charge in [-0.25, -0.2) is 0 Å². The maximum absolute atomic E-state index is 9.25. The lowest BCUT2D eigenvalue weighted by Crippen LogP contribution is -1.94. The first-order chi connectivity index (χ1) is 5.81. The maximum atomic E-state index is 9.25. The first-order valence-electron chi connectivity index (χ1n) is 4.53. The molecule has 1 atom stereocenters. The van der Waals surface area contributed by atoms with Crippen molar-refractivity contribution in [3.8, 4) is 0 Å². The van der Waals surface area contributed by atoms with Crippen LogP contribution in [0.5, 0.6) is 0 Å². The van der Waals surface area contributed by atoms with E-state index in [1.165, 1.54) is 12.8 Å². The van der Waals surface area contributed by atoms with Crippen molar-refractivity contribution >= 4 is 0 Å². The average molecular weight is 166 g/mol. The topological polar surface area (TPSA) is 20.2 Å². The van der Waals surface area contributed by atoms with E-state index in [2.05, 4.69) is 12.7 Å². The van der Waals surface area contributed by atoms with Crippen LogP contribution in [0.25, 0.3) is 0 Å². The summed E-state index contributed by atoms with van der Waals surface area (Å²) >= 11 is 0. The highest BCUT2D eigenvalue weighted by Crippen LogP contribution is 1.96. The van der Waals surface area contributed by atoms with Gasteiger partial charge in [-0.3, -0.25) is 0 Å². The standard InChI is InChI=1S/C11H18O/c1-3-5-7-8-10-11(12)9-6-4-2/h4,8-12H,3,5,7H2,1-2H3/b10-8+. The molecule has 1 unspecified atom stereocenters. The molecule has 12 heavy (non-hydrogen) atoms. The lowest BCUT2D eigenvalue weighted by atomic mass is 10.2. The summed E-state index contributed by atoms with van der Waals surface area (Å²) in [4.78, 5) is 0. The van der Waals surface area contributed by atoms with Crippen molar-refractivity contribution < 1.29 is 5.11 Å². The summed E-state index contributed by atoms with van der Waals surface area (Å²) in [5.41, 5.74) is 2.84. The Hall–Kier alpha value is -0.780. The third-order valence-corrected chi connectivity index (χ3v) is 1.49. The summed E-state index contributed by atoms with van der Waals surface area (Å²) in [5.74, 6) is 0. The normalized spacial score (nSPS) is 12.6. The first-order valence-corrected chi connectivity index (χ1v) is 4.53. The molecule has 1 N–H and O–H groups in total. The van der Waals surface area contributed by atoms with E-state index in [9.17, 15) is 5.11 Å². The van der Waals surface area contributed by atoms with Crippen molar-refractivity contribution in [2.75, 3.05) is 0 Å². The molecule has 0 aliphatic heterocycles. The number of aliphatic hydroxyl groups is 1. The van der Waals surface area contributed by atoms with Gasteiger partial charge in [0.15, 0.2) is 0 Å². The Labute approximate surface area is 75.1 Å². The van der Waals surface area contributed by atoms with E-state index in [0.29, 0.717) is 0 Å². The van der Waals surface area contributed by atoms with Crippen LogP contribution in [0.3, 0.4) is 0 Å². The number of allylic oxidation sites excluding steroid dienone is 1. The summed E-state index contributed by atoms with van der Waals surface area (Å²) in [6, 6.07) is 0. The van der Waals surface area contributed by atoms with Gasteiger partial charge in [-0.05, 0) is 25.5 Å². The zero-order valence-corrected chi connectivity index (χ0v) is 7.96. The summed E-state index contributed by atoms with van der Waals surface area (Å²) in [5, 5.41) is 9.25. The van der Waals surface area contributed by atoms with Crippen molar-refractivity contribution in [1.29, 1.82) is 0 Å². The van der Waals surface area contributed by atoms with Crippen molar-refractivity contribution in [3.05, 3.63) is 30.0 Å². The van der Waals surface area contributed by atoms with Gasteiger partial charge in [0.1, 0.15) is 0 Å². The quantitative estimate of drug-likeness (QED) is 0.378. The van der Waals surface area contributed by atoms with E-state index in [1.54, 1.807) is 18.2 Å². The lowest BCUT2D eigenvalue weighted by molar-refractivity contribution is 0.271. The smallest absolute Gasteiger partial charge is 0.0976 e. The number of rotatable bonds is 5. The molecule has 0 radical (unpaired) electrons. The number of aliphatic hydroxyl groups excluding tert-OH is 1. The Morgan fingerprint density at radius 2 is 2.25 bits per heavy atom. The Kier molecular flexibility index (Phi) is 7.78. The van der Waals surface area contributed by atoms with E-state index in [-0.39, 0.29) is 0 Å². The van der Waals surface area contributed by atoms with Crippen LogP contribution in [0.1, 0.15) is 33.1 Å². The van der Waals surface area contributed by atoms with Crippen LogP contribution in [-0.4, -0.2) is 11.2 Å². The summed E-state index contributed by atoms with van der Waals surface area (Å²) in [6.45, 7) is 4.04. The SMILES string of the molecule is CC=C=CC(O)/C=C/CCCC. The van der Waals surface area contributed by atoms with Crippen molar-refractivity contribution in [2.45, 2.75) is 39.2 Å². The Morgan fingerprint density at radius 1 is 1.50 bits per heavy atom. The van der Waals surface area contributed by atoms with Gasteiger partial charge in [0, 0.05) is 0 Å². The van der Waals surface area contributed by atoms with Crippen LogP contribution in [0.2, 0.25) is 0 Å². The van der Waals surface area contributed by atoms with Crippen molar-refractivity contribution in [3.63, 3.8) is 0 Å². The molecule has 1 heteroatoms. The van der Waals surface area contributed by atoms with Crippen LogP contribution in [0, 0.1) is 0 Å². The zero-order chi connectivity index (χ0) is 9.23. The lowest BCUT2D eigenvalue weighted by Gasteiger charge is -1.94. The number of unbranched alkanes of at least 4 members (excludes halogenated alkanes) is 2. The van der Waals surface area contributed by atoms with E-state index in [4.69, 9.17) is 0 Å². The van der Waals surface area contributed by atoms with Crippen LogP contribution in [0.15, 0.2) is 30.0 Å². The molecule has 0 bridgehead atoms. The van der Waals surface area contributed by atoms with E-state index in [0.717, 1.165) is 6.42 Å². The zero-order valence-electron chi connectivity index (χ0n) is 7.96. The van der Waals surface area contributed by atoms with Crippen LogP contribution in [0.4, 0.5) is 0 Å². The molecule has 0 heterocycles. The molecule has 0 fully saturated rings. The second kappa shape index (κ2) is 8.32. The second-order valence-corrected chi connectivity index (χ2v) is 2.68. The molecular formula is C11H18O. The molecule has 0 aromatic carbocycles. The Bertz CT molecular complexity index is 173. The first kappa shape index (κ1) is 11.2. The predicted molar refractivity (Wildman–Crippen MR) is 53.0 cm³/mol. The van der Waals surface area contributed by atoms with Gasteiger partial charge in [0.05, 0.1) is 6.10 Å². The van der Waals surface area contributed by atoms with E-state index >= 15 is 0 Å². The molecule has 0 aromatic heterocycles. The minimum atomic E-state index is -0.474. The fraction of sp³-hybridized carbons (Fsp3) is 0.545. The fourth-order valence-electron chi connectivity index (χ4n) is 0.808. The third kappa shape index (κ3) is 7.33. The summed E-state index contributed by atoms with van der Waals surface area (Å²) in [7, 11) is 0. The second-order valence-electron chi connectivity index (χ2n) is 2.68. The minimum Gasteiger partial charge on any atom is -0.384 e. The Morgan fingerprint density at radius 3 is 2.83 bits per heavy atom. The van der Waals surface area contributed by atoms with Gasteiger partial charge < -0.3 is 5.11 Å². The maximum Gasteiger partial charge on any atom is 0.0976 e. The predicted octanol–water partition coefficient (Wildman–Crippen LogP) is 2.82. The van der Waals surface area contributed by atoms with Crippen LogP contribution >= 0.6 is 0 Å². The molecule has 0 saturated carbocycles. The largest absolute Gasteiger partial charge is 0.384 e. The molecule has 0 aliphatic rings. The molecule has 0 spiro atoms. The molecule has 0 saturated heterocycles. The van der Waals surface area contributed by atoms with E-state index in [1.807, 2.05) is 13.0 Å². The molecule has 0 aromatic rings. The number of hydrogen-bond acceptors (Lipinski definition) is 1. The minimum absolute atomic E-state index is 0.474. The summed E-state index contributed by atoms with van der Waals surface area (Å²) < 4.78 is 0. The molecular weight excluding hydrogens is 148 g/mol. The molecule has 0 aliphatic carbocycles. The van der Waals surface area contributed by atoms with Crippen LogP contribution < -0.4 is 0 Å². The van der Waals surface area contributed by atoms with Gasteiger partial charge in [-0.1, -0.05) is 31.9 Å². The van der Waals surface area contributed by atoms with Crippen molar-refractivity contribution in [2.24, 2.45) is 0 Å². The highest BCUT2D eigenvalue weighted by molar-refractivity contribution is 5.00. The van der Waals surface area contributed by atoms with E-state index < -0.39 is 6.10 Å². The summed E-state index contributed by atoms with van der Waals surface area (Å²) in [6.07, 6.45) is 10.2. The van der Waals surface area contributed by atoms with Crippen molar-refractivity contribution in [1.82, 2.24) is 0 Å². The number of hydrogen-bond donors (Lipinski definition) is 1. The average Bonchev–Trinajstić information content (AvgIpc) is 2.09. The molecule has 1 nitrogen and oxygen atoms in total. The van der Waals surface area contributed by atoms with Gasteiger partial charge in [-0.15, -0.1) is 5.73 Å². The third-order valence-electron chi connectivity index (χ3n) is 1.49. The Balaban J connectivity index is 3.60. The molecule has 68 valence electrons. The van der Waals surface area contributed by atoms with Gasteiger partial charge >= 0.3 is 0 Å². The monoisotopic (exact) mass is 166 g/mol. The van der Waals surface area contributed by atoms with Gasteiger partial charge in [-0.2, -0.15) is 0 Å². The molecule has 0 rings (SSSR count). The van der Waals surface area contributed by atoms with Gasteiger partial charge in [0.25, 0.3) is 0 Å².